The van der Waals surface area contributed by atoms with Crippen LogP contribution in [0.15, 0.2) is 47.4 Å². The quantitative estimate of drug-likeness (QED) is 0.905. The number of anilines is 1. The topological polar surface area (TPSA) is 34.0 Å². The Labute approximate surface area is 143 Å². The summed E-state index contributed by atoms with van der Waals surface area (Å²) in [5.41, 5.74) is 3.68. The largest absolute Gasteiger partial charge is 0.378 e. The molecule has 2 saturated carbocycles. The number of hydrogen-bond acceptors (Lipinski definition) is 2. The molecule has 2 fully saturated rings. The first-order valence-electron chi connectivity index (χ1n) is 9.23. The van der Waals surface area contributed by atoms with Crippen molar-refractivity contribution in [3.8, 4) is 0 Å². The predicted molar refractivity (Wildman–Crippen MR) is 98.7 cm³/mol. The van der Waals surface area contributed by atoms with Gasteiger partial charge in [-0.25, -0.2) is 0 Å². The molecular weight excluding hydrogens is 296 g/mol. The molecule has 126 valence electrons. The third kappa shape index (κ3) is 3.26. The van der Waals surface area contributed by atoms with E-state index in [2.05, 4.69) is 41.7 Å². The van der Waals surface area contributed by atoms with Gasteiger partial charge in [0.15, 0.2) is 0 Å². The molecule has 0 unspecified atom stereocenters. The van der Waals surface area contributed by atoms with E-state index in [0.29, 0.717) is 17.9 Å². The molecule has 3 nitrogen and oxygen atoms in total. The molecule has 1 heterocycles. The Morgan fingerprint density at radius 2 is 1.54 bits per heavy atom. The van der Waals surface area contributed by atoms with Crippen molar-refractivity contribution in [3.63, 3.8) is 0 Å². The second-order valence-electron chi connectivity index (χ2n) is 7.48. The number of benzene rings is 1. The van der Waals surface area contributed by atoms with Crippen molar-refractivity contribution in [1.82, 2.24) is 4.57 Å². The van der Waals surface area contributed by atoms with Crippen LogP contribution in [0.2, 0.25) is 0 Å². The fourth-order valence-corrected chi connectivity index (χ4v) is 4.00. The van der Waals surface area contributed by atoms with Crippen LogP contribution in [-0.2, 0) is 7.05 Å². The van der Waals surface area contributed by atoms with Gasteiger partial charge >= 0.3 is 0 Å². The first-order chi connectivity index (χ1) is 11.7. The van der Waals surface area contributed by atoms with Gasteiger partial charge in [0.25, 0.3) is 5.56 Å². The number of aryl methyl sites for hydroxylation is 1. The molecular formula is C21H26N2O. The summed E-state index contributed by atoms with van der Waals surface area (Å²) in [6.07, 6.45) is 9.21. The highest BCUT2D eigenvalue weighted by Gasteiger charge is 2.26. The van der Waals surface area contributed by atoms with Crippen molar-refractivity contribution in [1.29, 1.82) is 0 Å². The number of nitrogens with zero attached hydrogens (tertiary/aromatic N) is 1. The highest BCUT2D eigenvalue weighted by Crippen LogP contribution is 2.40. The van der Waals surface area contributed by atoms with E-state index in [4.69, 9.17) is 0 Å². The van der Waals surface area contributed by atoms with Crippen molar-refractivity contribution in [2.24, 2.45) is 7.05 Å². The minimum atomic E-state index is 0.101. The molecule has 24 heavy (non-hydrogen) atoms. The Kier molecular flexibility index (Phi) is 4.17. The van der Waals surface area contributed by atoms with Crippen LogP contribution < -0.4 is 10.9 Å². The summed E-state index contributed by atoms with van der Waals surface area (Å²) in [5.74, 6) is 1.34. The Balaban J connectivity index is 1.43. The molecule has 0 radical (unpaired) electrons. The molecule has 1 aromatic heterocycles. The Morgan fingerprint density at radius 3 is 2.21 bits per heavy atom. The van der Waals surface area contributed by atoms with E-state index < -0.39 is 0 Å². The molecule has 0 spiro atoms. The van der Waals surface area contributed by atoms with Gasteiger partial charge < -0.3 is 9.88 Å². The molecule has 0 bridgehead atoms. The highest BCUT2D eigenvalue weighted by molar-refractivity contribution is 5.46. The van der Waals surface area contributed by atoms with Crippen LogP contribution in [0.4, 0.5) is 5.69 Å². The minimum absolute atomic E-state index is 0.101. The van der Waals surface area contributed by atoms with Crippen molar-refractivity contribution >= 4 is 5.69 Å². The molecule has 2 aliphatic rings. The summed E-state index contributed by atoms with van der Waals surface area (Å²) in [7, 11) is 1.87. The van der Waals surface area contributed by atoms with Crippen LogP contribution in [0, 0.1) is 0 Å². The lowest BCUT2D eigenvalue weighted by Gasteiger charge is -2.30. The van der Waals surface area contributed by atoms with E-state index in [-0.39, 0.29) is 5.56 Å². The van der Waals surface area contributed by atoms with E-state index in [9.17, 15) is 4.79 Å². The van der Waals surface area contributed by atoms with Crippen LogP contribution in [0.3, 0.4) is 0 Å². The lowest BCUT2D eigenvalue weighted by molar-refractivity contribution is 0.412. The zero-order valence-corrected chi connectivity index (χ0v) is 14.4. The maximum atomic E-state index is 12.4. The van der Waals surface area contributed by atoms with Crippen LogP contribution in [0.5, 0.6) is 0 Å². The predicted octanol–water partition coefficient (Wildman–Crippen LogP) is 4.40. The first-order valence-corrected chi connectivity index (χ1v) is 9.23. The van der Waals surface area contributed by atoms with E-state index in [1.807, 2.05) is 13.2 Å². The first kappa shape index (κ1) is 15.5. The molecule has 2 aromatic rings. The van der Waals surface area contributed by atoms with Crippen LogP contribution >= 0.6 is 0 Å². The second-order valence-corrected chi connectivity index (χ2v) is 7.48. The van der Waals surface area contributed by atoms with Gasteiger partial charge in [-0.15, -0.1) is 0 Å². The van der Waals surface area contributed by atoms with Gasteiger partial charge in [0.2, 0.25) is 0 Å². The summed E-state index contributed by atoms with van der Waals surface area (Å²) >= 11 is 0. The van der Waals surface area contributed by atoms with Crippen LogP contribution in [-0.4, -0.2) is 10.6 Å². The fraction of sp³-hybridized carbons (Fsp3) is 0.476. The Hall–Kier alpha value is -2.03. The third-order valence-electron chi connectivity index (χ3n) is 5.61. The summed E-state index contributed by atoms with van der Waals surface area (Å²) in [5, 5.41) is 3.55. The molecule has 0 atom stereocenters. The van der Waals surface area contributed by atoms with Crippen LogP contribution in [0.25, 0.3) is 0 Å². The van der Waals surface area contributed by atoms with Crippen LogP contribution in [0.1, 0.15) is 61.5 Å². The summed E-state index contributed by atoms with van der Waals surface area (Å²) < 4.78 is 1.74. The molecule has 0 saturated heterocycles. The van der Waals surface area contributed by atoms with Gasteiger partial charge in [0, 0.05) is 19.3 Å². The summed E-state index contributed by atoms with van der Waals surface area (Å²) in [4.78, 5) is 12.4. The van der Waals surface area contributed by atoms with Gasteiger partial charge in [-0.1, -0.05) is 30.3 Å². The number of rotatable bonds is 4. The molecule has 2 aliphatic carbocycles. The molecule has 3 heteroatoms. The van der Waals surface area contributed by atoms with E-state index in [0.717, 1.165) is 18.5 Å². The summed E-state index contributed by atoms with van der Waals surface area (Å²) in [6, 6.07) is 13.4. The Morgan fingerprint density at radius 1 is 0.917 bits per heavy atom. The van der Waals surface area contributed by atoms with Crippen molar-refractivity contribution < 1.29 is 0 Å². The van der Waals surface area contributed by atoms with E-state index >= 15 is 0 Å². The smallest absolute Gasteiger partial charge is 0.273 e. The second kappa shape index (κ2) is 6.46. The number of pyridine rings is 1. The normalized spacial score (nSPS) is 23.9. The molecule has 1 N–H and O–H groups in total. The van der Waals surface area contributed by atoms with E-state index in [1.165, 1.54) is 36.8 Å². The molecule has 1 aromatic carbocycles. The zero-order valence-electron chi connectivity index (χ0n) is 14.4. The number of aromatic nitrogens is 1. The highest BCUT2D eigenvalue weighted by atomic mass is 16.1. The standard InChI is InChI=1S/C21H26N2O/c1-23-14-18(17-7-8-17)13-20(21(23)24)22-19-11-9-16(10-12-19)15-5-3-2-4-6-15/h2-6,13-14,16-17,19,22H,7-12H2,1H3. The summed E-state index contributed by atoms with van der Waals surface area (Å²) in [6.45, 7) is 0. The Bertz CT molecular complexity index is 753. The van der Waals surface area contributed by atoms with Gasteiger partial charge in [0.1, 0.15) is 5.69 Å². The SMILES string of the molecule is Cn1cc(C2CC2)cc(NC2CCC(c3ccccc3)CC2)c1=O. The third-order valence-corrected chi connectivity index (χ3v) is 5.61. The molecule has 0 aliphatic heterocycles. The van der Waals surface area contributed by atoms with Crippen molar-refractivity contribution in [2.45, 2.75) is 56.4 Å². The van der Waals surface area contributed by atoms with Gasteiger partial charge in [-0.05, 0) is 67.6 Å². The fourth-order valence-electron chi connectivity index (χ4n) is 4.00. The number of nitrogens with one attached hydrogen (secondary N) is 1. The van der Waals surface area contributed by atoms with E-state index in [1.54, 1.807) is 4.57 Å². The zero-order chi connectivity index (χ0) is 16.5. The molecule has 0 amide bonds. The monoisotopic (exact) mass is 322 g/mol. The minimum Gasteiger partial charge on any atom is -0.378 e. The maximum Gasteiger partial charge on any atom is 0.273 e. The number of hydrogen-bond donors (Lipinski definition) is 1. The lowest BCUT2D eigenvalue weighted by Crippen LogP contribution is -2.30. The van der Waals surface area contributed by atoms with Gasteiger partial charge in [-0.3, -0.25) is 4.79 Å². The van der Waals surface area contributed by atoms with Gasteiger partial charge in [0.05, 0.1) is 0 Å². The maximum absolute atomic E-state index is 12.4. The van der Waals surface area contributed by atoms with Crippen molar-refractivity contribution in [3.05, 3.63) is 64.1 Å². The average molecular weight is 322 g/mol. The van der Waals surface area contributed by atoms with Crippen molar-refractivity contribution in [2.75, 3.05) is 5.32 Å². The van der Waals surface area contributed by atoms with Gasteiger partial charge in [-0.2, -0.15) is 0 Å². The molecule has 4 rings (SSSR count). The average Bonchev–Trinajstić information content (AvgIpc) is 3.45. The lowest BCUT2D eigenvalue weighted by atomic mass is 9.82.